The van der Waals surface area contributed by atoms with E-state index in [4.69, 9.17) is 4.74 Å². The van der Waals surface area contributed by atoms with E-state index in [2.05, 4.69) is 0 Å². The number of nitrogens with zero attached hydrogens (tertiary/aromatic N) is 2. The fourth-order valence-electron chi connectivity index (χ4n) is 4.18. The summed E-state index contributed by atoms with van der Waals surface area (Å²) in [5, 5.41) is 11.0. The second-order valence-corrected chi connectivity index (χ2v) is 7.94. The first-order valence-corrected chi connectivity index (χ1v) is 9.65. The SMILES string of the molecule is Cc1ccc2c(c1)C(=O)CC1(CCN(C(=O)c3ccc([N+](=O)[O-])c(C)c3)CC1)O2. The number of Topliss-reactive ketones (excluding diaryl/α,β-unsaturated/α-hetero) is 1. The highest BCUT2D eigenvalue weighted by Crippen LogP contribution is 2.39. The number of likely N-dealkylation sites (tertiary alicyclic amines) is 1. The Bertz CT molecular complexity index is 1020. The molecular formula is C22H22N2O5. The van der Waals surface area contributed by atoms with Crippen LogP contribution in [0.3, 0.4) is 0 Å². The number of nitro benzene ring substituents is 1. The summed E-state index contributed by atoms with van der Waals surface area (Å²) in [6.07, 6.45) is 1.47. The van der Waals surface area contributed by atoms with Crippen molar-refractivity contribution in [2.24, 2.45) is 0 Å². The zero-order valence-electron chi connectivity index (χ0n) is 16.4. The lowest BCUT2D eigenvalue weighted by Crippen LogP contribution is -2.52. The average Bonchev–Trinajstić information content (AvgIpc) is 2.68. The van der Waals surface area contributed by atoms with E-state index in [9.17, 15) is 19.7 Å². The summed E-state index contributed by atoms with van der Waals surface area (Å²) in [4.78, 5) is 37.8. The maximum absolute atomic E-state index is 12.9. The van der Waals surface area contributed by atoms with Gasteiger partial charge in [-0.05, 0) is 38.1 Å². The van der Waals surface area contributed by atoms with E-state index in [0.717, 1.165) is 5.56 Å². The van der Waals surface area contributed by atoms with Crippen LogP contribution in [0, 0.1) is 24.0 Å². The van der Waals surface area contributed by atoms with Crippen molar-refractivity contribution in [1.29, 1.82) is 0 Å². The number of ether oxygens (including phenoxy) is 1. The van der Waals surface area contributed by atoms with Gasteiger partial charge in [0.05, 0.1) is 16.9 Å². The van der Waals surface area contributed by atoms with Gasteiger partial charge >= 0.3 is 0 Å². The quantitative estimate of drug-likeness (QED) is 0.570. The minimum absolute atomic E-state index is 0.00201. The fourth-order valence-corrected chi connectivity index (χ4v) is 4.18. The third-order valence-corrected chi connectivity index (χ3v) is 5.85. The standard InChI is InChI=1S/C22H22N2O5/c1-14-3-6-20-17(11-14)19(25)13-22(29-20)7-9-23(10-8-22)21(26)16-4-5-18(24(27)28)15(2)12-16/h3-6,11-12H,7-10,13H2,1-2H3. The largest absolute Gasteiger partial charge is 0.486 e. The van der Waals surface area contributed by atoms with Crippen molar-refractivity contribution in [2.75, 3.05) is 13.1 Å². The van der Waals surface area contributed by atoms with E-state index in [1.165, 1.54) is 12.1 Å². The Kier molecular flexibility index (Phi) is 4.61. The average molecular weight is 394 g/mol. The molecule has 2 aromatic rings. The van der Waals surface area contributed by atoms with Crippen molar-refractivity contribution >= 4 is 17.4 Å². The molecule has 2 aliphatic heterocycles. The van der Waals surface area contributed by atoms with E-state index in [1.807, 2.05) is 25.1 Å². The molecule has 1 saturated heterocycles. The molecule has 2 aromatic carbocycles. The van der Waals surface area contributed by atoms with Crippen LogP contribution in [0.25, 0.3) is 0 Å². The Labute approximate surface area is 168 Å². The van der Waals surface area contributed by atoms with Gasteiger partial charge in [-0.3, -0.25) is 19.7 Å². The van der Waals surface area contributed by atoms with Crippen LogP contribution in [0.4, 0.5) is 5.69 Å². The lowest BCUT2D eigenvalue weighted by molar-refractivity contribution is -0.385. The topological polar surface area (TPSA) is 89.8 Å². The number of aryl methyl sites for hydroxylation is 2. The monoisotopic (exact) mass is 394 g/mol. The Morgan fingerprint density at radius 3 is 2.52 bits per heavy atom. The van der Waals surface area contributed by atoms with Crippen LogP contribution in [0.5, 0.6) is 5.75 Å². The smallest absolute Gasteiger partial charge is 0.272 e. The van der Waals surface area contributed by atoms with Crippen LogP contribution in [0.1, 0.15) is 51.1 Å². The molecule has 1 fully saturated rings. The molecule has 150 valence electrons. The molecule has 4 rings (SSSR count). The Balaban J connectivity index is 1.48. The number of hydrogen-bond acceptors (Lipinski definition) is 5. The van der Waals surface area contributed by atoms with Gasteiger partial charge in [0, 0.05) is 43.1 Å². The fraction of sp³-hybridized carbons (Fsp3) is 0.364. The highest BCUT2D eigenvalue weighted by atomic mass is 16.6. The summed E-state index contributed by atoms with van der Waals surface area (Å²) in [5.74, 6) is 0.550. The normalized spacial score (nSPS) is 17.6. The Morgan fingerprint density at radius 1 is 1.14 bits per heavy atom. The van der Waals surface area contributed by atoms with Crippen molar-refractivity contribution in [2.45, 2.75) is 38.7 Å². The molecule has 0 saturated carbocycles. The number of carbonyl (C=O) groups is 2. The van der Waals surface area contributed by atoms with E-state index >= 15 is 0 Å². The number of ketones is 1. The van der Waals surface area contributed by atoms with E-state index in [0.29, 0.717) is 54.8 Å². The summed E-state index contributed by atoms with van der Waals surface area (Å²) >= 11 is 0. The summed E-state index contributed by atoms with van der Waals surface area (Å²) in [7, 11) is 0. The summed E-state index contributed by atoms with van der Waals surface area (Å²) in [6, 6.07) is 10.1. The van der Waals surface area contributed by atoms with E-state index < -0.39 is 10.5 Å². The number of benzene rings is 2. The first-order chi connectivity index (χ1) is 13.8. The minimum Gasteiger partial charge on any atom is -0.486 e. The van der Waals surface area contributed by atoms with Gasteiger partial charge in [-0.15, -0.1) is 0 Å². The minimum atomic E-state index is -0.568. The molecule has 0 bridgehead atoms. The van der Waals surface area contributed by atoms with Gasteiger partial charge in [0.25, 0.3) is 11.6 Å². The molecule has 7 heteroatoms. The van der Waals surface area contributed by atoms with Crippen LogP contribution < -0.4 is 4.74 Å². The number of fused-ring (bicyclic) bond motifs is 1. The first kappa shape index (κ1) is 19.1. The molecule has 29 heavy (non-hydrogen) atoms. The molecule has 7 nitrogen and oxygen atoms in total. The molecular weight excluding hydrogens is 372 g/mol. The number of carbonyl (C=O) groups excluding carboxylic acids is 2. The summed E-state index contributed by atoms with van der Waals surface area (Å²) in [5.41, 5.74) is 1.99. The van der Waals surface area contributed by atoms with Gasteiger partial charge in [-0.25, -0.2) is 0 Å². The van der Waals surface area contributed by atoms with Gasteiger partial charge in [-0.1, -0.05) is 11.6 Å². The molecule has 1 spiro atoms. The molecule has 0 aromatic heterocycles. The van der Waals surface area contributed by atoms with Crippen molar-refractivity contribution in [3.8, 4) is 5.75 Å². The Hall–Kier alpha value is -3.22. The highest BCUT2D eigenvalue weighted by Gasteiger charge is 2.43. The second-order valence-electron chi connectivity index (χ2n) is 7.94. The van der Waals surface area contributed by atoms with Crippen LogP contribution in [-0.4, -0.2) is 40.2 Å². The van der Waals surface area contributed by atoms with Crippen LogP contribution >= 0.6 is 0 Å². The van der Waals surface area contributed by atoms with Gasteiger partial charge in [-0.2, -0.15) is 0 Å². The van der Waals surface area contributed by atoms with E-state index in [-0.39, 0.29) is 17.4 Å². The molecule has 1 amide bonds. The molecule has 2 aliphatic rings. The van der Waals surface area contributed by atoms with Gasteiger partial charge in [0.15, 0.2) is 5.78 Å². The van der Waals surface area contributed by atoms with Crippen molar-refractivity contribution in [3.05, 3.63) is 68.8 Å². The van der Waals surface area contributed by atoms with Gasteiger partial charge in [0.2, 0.25) is 0 Å². The molecule has 0 N–H and O–H groups in total. The molecule has 0 radical (unpaired) electrons. The zero-order valence-corrected chi connectivity index (χ0v) is 16.4. The van der Waals surface area contributed by atoms with Crippen LogP contribution in [-0.2, 0) is 0 Å². The third kappa shape index (κ3) is 3.48. The number of piperidine rings is 1. The predicted molar refractivity (Wildman–Crippen MR) is 106 cm³/mol. The second kappa shape index (κ2) is 6.99. The number of nitro groups is 1. The molecule has 2 heterocycles. The summed E-state index contributed by atoms with van der Waals surface area (Å²) in [6.45, 7) is 4.52. The maximum atomic E-state index is 12.9. The first-order valence-electron chi connectivity index (χ1n) is 9.65. The van der Waals surface area contributed by atoms with Gasteiger partial charge in [0.1, 0.15) is 11.4 Å². The lowest BCUT2D eigenvalue weighted by atomic mass is 9.82. The molecule has 0 unspecified atom stereocenters. The zero-order chi connectivity index (χ0) is 20.8. The van der Waals surface area contributed by atoms with Crippen molar-refractivity contribution in [3.63, 3.8) is 0 Å². The van der Waals surface area contributed by atoms with Gasteiger partial charge < -0.3 is 9.64 Å². The number of rotatable bonds is 2. The maximum Gasteiger partial charge on any atom is 0.272 e. The molecule has 0 aliphatic carbocycles. The van der Waals surface area contributed by atoms with Crippen LogP contribution in [0.15, 0.2) is 36.4 Å². The lowest BCUT2D eigenvalue weighted by Gasteiger charge is -2.44. The number of hydrogen-bond donors (Lipinski definition) is 0. The third-order valence-electron chi connectivity index (χ3n) is 5.85. The highest BCUT2D eigenvalue weighted by molar-refractivity contribution is 6.00. The number of amides is 1. The van der Waals surface area contributed by atoms with E-state index in [1.54, 1.807) is 17.9 Å². The molecule has 0 atom stereocenters. The Morgan fingerprint density at radius 2 is 1.86 bits per heavy atom. The predicted octanol–water partition coefficient (Wildman–Crippen LogP) is 3.85. The summed E-state index contributed by atoms with van der Waals surface area (Å²) < 4.78 is 6.25. The van der Waals surface area contributed by atoms with Crippen LogP contribution in [0.2, 0.25) is 0 Å². The van der Waals surface area contributed by atoms with Crippen molar-refractivity contribution < 1.29 is 19.2 Å². The van der Waals surface area contributed by atoms with Crippen molar-refractivity contribution in [1.82, 2.24) is 4.90 Å².